The van der Waals surface area contributed by atoms with Gasteiger partial charge in [0, 0.05) is 5.69 Å². The lowest BCUT2D eigenvalue weighted by molar-refractivity contribution is 0.474. The van der Waals surface area contributed by atoms with Crippen molar-refractivity contribution >= 4 is 32.9 Å². The Labute approximate surface area is 119 Å². The first-order valence-corrected chi connectivity index (χ1v) is 8.37. The number of nitrogens with one attached hydrogen (secondary N) is 2. The zero-order valence-electron chi connectivity index (χ0n) is 11.1. The van der Waals surface area contributed by atoms with Crippen LogP contribution in [-0.2, 0) is 9.84 Å². The SMILES string of the molecule is Cc1ccc(NC(=S)NC2(C)CCS(=O)(=O)C2)cc1. The molecule has 0 aliphatic carbocycles. The van der Waals surface area contributed by atoms with Gasteiger partial charge in [-0.25, -0.2) is 8.42 Å². The summed E-state index contributed by atoms with van der Waals surface area (Å²) in [6.07, 6.45) is 0.588. The van der Waals surface area contributed by atoms with E-state index in [2.05, 4.69) is 10.6 Å². The summed E-state index contributed by atoms with van der Waals surface area (Å²) < 4.78 is 23.0. The van der Waals surface area contributed by atoms with Crippen LogP contribution in [-0.4, -0.2) is 30.6 Å². The van der Waals surface area contributed by atoms with Crippen LogP contribution < -0.4 is 10.6 Å². The minimum Gasteiger partial charge on any atom is -0.356 e. The molecule has 1 aliphatic rings. The molecule has 2 rings (SSSR count). The molecule has 1 saturated heterocycles. The molecule has 2 N–H and O–H groups in total. The van der Waals surface area contributed by atoms with Crippen molar-refractivity contribution in [3.8, 4) is 0 Å². The van der Waals surface area contributed by atoms with Crippen molar-refractivity contribution in [3.05, 3.63) is 29.8 Å². The molecule has 0 radical (unpaired) electrons. The Balaban J connectivity index is 1.97. The van der Waals surface area contributed by atoms with E-state index in [1.165, 1.54) is 5.56 Å². The molecule has 1 aromatic carbocycles. The maximum atomic E-state index is 11.5. The molecule has 104 valence electrons. The van der Waals surface area contributed by atoms with E-state index in [-0.39, 0.29) is 11.5 Å². The second kappa shape index (κ2) is 5.09. The third-order valence-electron chi connectivity index (χ3n) is 3.23. The van der Waals surface area contributed by atoms with Crippen molar-refractivity contribution in [1.29, 1.82) is 0 Å². The molecule has 6 heteroatoms. The molecule has 1 aliphatic heterocycles. The summed E-state index contributed by atoms with van der Waals surface area (Å²) in [7, 11) is -2.93. The predicted molar refractivity (Wildman–Crippen MR) is 82.2 cm³/mol. The highest BCUT2D eigenvalue weighted by atomic mass is 32.2. The number of rotatable bonds is 2. The number of aryl methyl sites for hydroxylation is 1. The molecule has 4 nitrogen and oxygen atoms in total. The van der Waals surface area contributed by atoms with Crippen LogP contribution >= 0.6 is 12.2 Å². The van der Waals surface area contributed by atoms with Crippen LogP contribution in [0.5, 0.6) is 0 Å². The molecule has 19 heavy (non-hydrogen) atoms. The number of hydrogen-bond donors (Lipinski definition) is 2. The molecule has 0 bridgehead atoms. The lowest BCUT2D eigenvalue weighted by atomic mass is 10.0. The van der Waals surface area contributed by atoms with Gasteiger partial charge in [0.05, 0.1) is 17.0 Å². The maximum absolute atomic E-state index is 11.5. The molecule has 0 amide bonds. The van der Waals surface area contributed by atoms with E-state index in [0.29, 0.717) is 11.5 Å². The third kappa shape index (κ3) is 3.91. The van der Waals surface area contributed by atoms with Crippen molar-refractivity contribution in [1.82, 2.24) is 5.32 Å². The summed E-state index contributed by atoms with van der Waals surface area (Å²) in [4.78, 5) is 0. The molecule has 1 unspecified atom stereocenters. The molecule has 1 atom stereocenters. The summed E-state index contributed by atoms with van der Waals surface area (Å²) in [6, 6.07) is 7.87. The van der Waals surface area contributed by atoms with Crippen molar-refractivity contribution in [2.24, 2.45) is 0 Å². The van der Waals surface area contributed by atoms with Crippen molar-refractivity contribution in [2.45, 2.75) is 25.8 Å². The molecule has 1 heterocycles. The summed E-state index contributed by atoms with van der Waals surface area (Å²) in [6.45, 7) is 3.91. The van der Waals surface area contributed by atoms with Gasteiger partial charge < -0.3 is 10.6 Å². The van der Waals surface area contributed by atoms with Crippen LogP contribution in [0.1, 0.15) is 18.9 Å². The third-order valence-corrected chi connectivity index (χ3v) is 5.34. The van der Waals surface area contributed by atoms with Gasteiger partial charge in [-0.15, -0.1) is 0 Å². The van der Waals surface area contributed by atoms with Gasteiger partial charge in [0.15, 0.2) is 14.9 Å². The highest BCUT2D eigenvalue weighted by Gasteiger charge is 2.38. The fourth-order valence-corrected chi connectivity index (χ4v) is 4.64. The van der Waals surface area contributed by atoms with Gasteiger partial charge in [-0.05, 0) is 44.6 Å². The van der Waals surface area contributed by atoms with Crippen LogP contribution in [0.3, 0.4) is 0 Å². The van der Waals surface area contributed by atoms with Gasteiger partial charge >= 0.3 is 0 Å². The number of thiocarbonyl (C=S) groups is 1. The van der Waals surface area contributed by atoms with E-state index < -0.39 is 15.4 Å². The monoisotopic (exact) mass is 298 g/mol. The summed E-state index contributed by atoms with van der Waals surface area (Å²) in [5.41, 5.74) is 1.61. The average molecular weight is 298 g/mol. The van der Waals surface area contributed by atoms with Gasteiger partial charge in [-0.3, -0.25) is 0 Å². The second-order valence-electron chi connectivity index (χ2n) is 5.35. The van der Waals surface area contributed by atoms with Crippen LogP contribution in [0.2, 0.25) is 0 Å². The largest absolute Gasteiger partial charge is 0.356 e. The first kappa shape index (κ1) is 14.3. The quantitative estimate of drug-likeness (QED) is 0.816. The fourth-order valence-electron chi connectivity index (χ4n) is 2.18. The molecule has 1 fully saturated rings. The Morgan fingerprint density at radius 2 is 1.95 bits per heavy atom. The van der Waals surface area contributed by atoms with E-state index in [4.69, 9.17) is 12.2 Å². The number of benzene rings is 1. The van der Waals surface area contributed by atoms with Crippen molar-refractivity contribution in [2.75, 3.05) is 16.8 Å². The maximum Gasteiger partial charge on any atom is 0.171 e. The van der Waals surface area contributed by atoms with E-state index >= 15 is 0 Å². The highest BCUT2D eigenvalue weighted by molar-refractivity contribution is 7.91. The number of hydrogen-bond acceptors (Lipinski definition) is 3. The number of sulfone groups is 1. The zero-order chi connectivity index (χ0) is 14.1. The predicted octanol–water partition coefficient (Wildman–Crippen LogP) is 1.86. The molecule has 0 aromatic heterocycles. The summed E-state index contributed by atoms with van der Waals surface area (Å²) in [5.74, 6) is 0.360. The van der Waals surface area contributed by atoms with Crippen LogP contribution in [0.4, 0.5) is 5.69 Å². The van der Waals surface area contributed by atoms with Crippen LogP contribution in [0.15, 0.2) is 24.3 Å². The Morgan fingerprint density at radius 3 is 2.47 bits per heavy atom. The first-order valence-electron chi connectivity index (χ1n) is 6.14. The van der Waals surface area contributed by atoms with Gasteiger partial charge in [-0.2, -0.15) is 0 Å². The van der Waals surface area contributed by atoms with E-state index in [1.54, 1.807) is 0 Å². The smallest absolute Gasteiger partial charge is 0.171 e. The van der Waals surface area contributed by atoms with E-state index in [1.807, 2.05) is 38.1 Å². The molecule has 1 aromatic rings. The Morgan fingerprint density at radius 1 is 1.32 bits per heavy atom. The topological polar surface area (TPSA) is 58.2 Å². The molecular weight excluding hydrogens is 280 g/mol. The number of anilines is 1. The van der Waals surface area contributed by atoms with E-state index in [0.717, 1.165) is 5.69 Å². The fraction of sp³-hybridized carbons (Fsp3) is 0.462. The first-order chi connectivity index (χ1) is 8.78. The van der Waals surface area contributed by atoms with Gasteiger partial charge in [-0.1, -0.05) is 17.7 Å². The van der Waals surface area contributed by atoms with Crippen LogP contribution in [0, 0.1) is 6.92 Å². The minimum atomic E-state index is -2.93. The van der Waals surface area contributed by atoms with E-state index in [9.17, 15) is 8.42 Å². The highest BCUT2D eigenvalue weighted by Crippen LogP contribution is 2.23. The normalized spacial score (nSPS) is 24.9. The Hall–Kier alpha value is -1.14. The minimum absolute atomic E-state index is 0.135. The molecule has 0 spiro atoms. The lowest BCUT2D eigenvalue weighted by Crippen LogP contribution is -2.48. The van der Waals surface area contributed by atoms with Crippen LogP contribution in [0.25, 0.3) is 0 Å². The zero-order valence-corrected chi connectivity index (χ0v) is 12.7. The lowest BCUT2D eigenvalue weighted by Gasteiger charge is -2.26. The van der Waals surface area contributed by atoms with Crippen molar-refractivity contribution < 1.29 is 8.42 Å². The van der Waals surface area contributed by atoms with Crippen molar-refractivity contribution in [3.63, 3.8) is 0 Å². The second-order valence-corrected chi connectivity index (χ2v) is 7.94. The molecular formula is C13H18N2O2S2. The van der Waals surface area contributed by atoms with Gasteiger partial charge in [0.25, 0.3) is 0 Å². The Bertz CT molecular complexity index is 581. The average Bonchev–Trinajstić information content (AvgIpc) is 2.56. The summed E-state index contributed by atoms with van der Waals surface area (Å²) >= 11 is 5.24. The molecule has 0 saturated carbocycles. The Kier molecular flexibility index (Phi) is 3.82. The summed E-state index contributed by atoms with van der Waals surface area (Å²) in [5, 5.41) is 6.65. The standard InChI is InChI=1S/C13H18N2O2S2/c1-10-3-5-11(6-4-10)14-12(18)15-13(2)7-8-19(16,17)9-13/h3-6H,7-9H2,1-2H3,(H2,14,15,18). The van der Waals surface area contributed by atoms with Gasteiger partial charge in [0.1, 0.15) is 0 Å². The van der Waals surface area contributed by atoms with Gasteiger partial charge in [0.2, 0.25) is 0 Å².